The van der Waals surface area contributed by atoms with Crippen LogP contribution in [0, 0.1) is 11.3 Å². The van der Waals surface area contributed by atoms with Gasteiger partial charge in [0, 0.05) is 5.69 Å². The molecule has 0 amide bonds. The van der Waals surface area contributed by atoms with Crippen molar-refractivity contribution in [2.75, 3.05) is 18.4 Å². The van der Waals surface area contributed by atoms with Gasteiger partial charge >= 0.3 is 0 Å². The minimum Gasteiger partial charge on any atom is -0.473 e. The van der Waals surface area contributed by atoms with Crippen molar-refractivity contribution in [3.05, 3.63) is 35.9 Å². The van der Waals surface area contributed by atoms with Gasteiger partial charge in [-0.2, -0.15) is 5.26 Å². The molecular formula is C18H22N6O. The molecule has 0 spiro atoms. The van der Waals surface area contributed by atoms with E-state index in [0.29, 0.717) is 17.3 Å². The average molecular weight is 338 g/mol. The fourth-order valence-corrected chi connectivity index (χ4v) is 2.76. The highest BCUT2D eigenvalue weighted by Gasteiger charge is 2.19. The van der Waals surface area contributed by atoms with E-state index in [2.05, 4.69) is 38.6 Å². The summed E-state index contributed by atoms with van der Waals surface area (Å²) in [4.78, 5) is 12.8. The molecule has 3 rings (SSSR count). The van der Waals surface area contributed by atoms with Crippen molar-refractivity contribution in [1.29, 1.82) is 5.26 Å². The predicted molar refractivity (Wildman–Crippen MR) is 94.8 cm³/mol. The van der Waals surface area contributed by atoms with Gasteiger partial charge in [-0.15, -0.1) is 0 Å². The van der Waals surface area contributed by atoms with Gasteiger partial charge in [0.15, 0.2) is 11.4 Å². The summed E-state index contributed by atoms with van der Waals surface area (Å²) < 4.78 is 5.94. The predicted octanol–water partition coefficient (Wildman–Crippen LogP) is 2.57. The molecule has 2 N–H and O–H groups in total. The van der Waals surface area contributed by atoms with Crippen molar-refractivity contribution >= 4 is 11.5 Å². The number of nitrogens with zero attached hydrogens (tertiary/aromatic N) is 4. The Morgan fingerprint density at radius 3 is 2.80 bits per heavy atom. The number of nitrogens with one attached hydrogen (secondary N) is 2. The minimum absolute atomic E-state index is 0.0751. The van der Waals surface area contributed by atoms with E-state index in [4.69, 9.17) is 4.74 Å². The molecule has 7 nitrogen and oxygen atoms in total. The second kappa shape index (κ2) is 8.40. The summed E-state index contributed by atoms with van der Waals surface area (Å²) in [5.41, 5.74) is 2.15. The Labute approximate surface area is 147 Å². The fraction of sp³-hybridized carbons (Fsp3) is 0.444. The standard InChI is InChI=1S/C18H22N6O/c1-2-3-13-4-5-14(11-21-13)24-17-16(10-19)18(23-12-22-17)25-15-6-8-20-9-7-15/h4-5,11-12,15,20H,2-3,6-9H2,1H3,(H,22,23,24). The molecule has 2 aromatic rings. The lowest BCUT2D eigenvalue weighted by Gasteiger charge is -2.23. The minimum atomic E-state index is 0.0751. The SMILES string of the molecule is CCCc1ccc(Nc2ncnc(OC3CCNCC3)c2C#N)cn1. The van der Waals surface area contributed by atoms with Crippen LogP contribution in [0.3, 0.4) is 0 Å². The summed E-state index contributed by atoms with van der Waals surface area (Å²) in [6.45, 7) is 3.95. The molecule has 0 bridgehead atoms. The molecule has 1 aliphatic heterocycles. The first-order valence-electron chi connectivity index (χ1n) is 8.64. The Morgan fingerprint density at radius 1 is 1.28 bits per heavy atom. The number of pyridine rings is 1. The average Bonchev–Trinajstić information content (AvgIpc) is 2.65. The number of piperidine rings is 1. The Bertz CT molecular complexity index is 734. The zero-order chi connectivity index (χ0) is 17.5. The summed E-state index contributed by atoms with van der Waals surface area (Å²) in [6.07, 6.45) is 7.06. The summed E-state index contributed by atoms with van der Waals surface area (Å²) >= 11 is 0. The van der Waals surface area contributed by atoms with Gasteiger partial charge in [0.2, 0.25) is 5.88 Å². The largest absolute Gasteiger partial charge is 0.473 e. The fourth-order valence-electron chi connectivity index (χ4n) is 2.76. The molecule has 3 heterocycles. The number of hydrogen-bond donors (Lipinski definition) is 2. The molecule has 7 heteroatoms. The molecule has 1 fully saturated rings. The zero-order valence-corrected chi connectivity index (χ0v) is 14.3. The monoisotopic (exact) mass is 338 g/mol. The Hall–Kier alpha value is -2.72. The summed E-state index contributed by atoms with van der Waals surface area (Å²) in [5.74, 6) is 0.772. The van der Waals surface area contributed by atoms with Crippen molar-refractivity contribution in [2.45, 2.75) is 38.7 Å². The molecule has 1 saturated heterocycles. The molecule has 0 unspecified atom stereocenters. The number of rotatable bonds is 6. The van der Waals surface area contributed by atoms with Gasteiger partial charge in [0.1, 0.15) is 18.5 Å². The smallest absolute Gasteiger partial charge is 0.237 e. The normalized spacial score (nSPS) is 14.7. The van der Waals surface area contributed by atoms with E-state index in [1.165, 1.54) is 6.33 Å². The van der Waals surface area contributed by atoms with Crippen LogP contribution in [0.25, 0.3) is 0 Å². The third-order valence-electron chi connectivity index (χ3n) is 4.08. The molecular weight excluding hydrogens is 316 g/mol. The third kappa shape index (κ3) is 4.43. The zero-order valence-electron chi connectivity index (χ0n) is 14.3. The number of aromatic nitrogens is 3. The van der Waals surface area contributed by atoms with Crippen LogP contribution in [0.15, 0.2) is 24.7 Å². The van der Waals surface area contributed by atoms with Gasteiger partial charge in [-0.3, -0.25) is 4.98 Å². The van der Waals surface area contributed by atoms with Crippen LogP contribution in [0.4, 0.5) is 11.5 Å². The molecule has 2 aromatic heterocycles. The van der Waals surface area contributed by atoms with Crippen LogP contribution in [0.5, 0.6) is 5.88 Å². The van der Waals surface area contributed by atoms with Crippen molar-refractivity contribution in [1.82, 2.24) is 20.3 Å². The molecule has 0 radical (unpaired) electrons. The van der Waals surface area contributed by atoms with Crippen molar-refractivity contribution in [2.24, 2.45) is 0 Å². The number of aryl methyl sites for hydroxylation is 1. The second-order valence-corrected chi connectivity index (χ2v) is 5.99. The van der Waals surface area contributed by atoms with E-state index in [-0.39, 0.29) is 6.10 Å². The topological polar surface area (TPSA) is 95.8 Å². The third-order valence-corrected chi connectivity index (χ3v) is 4.08. The van der Waals surface area contributed by atoms with Crippen molar-refractivity contribution in [3.8, 4) is 11.9 Å². The number of ether oxygens (including phenoxy) is 1. The first-order chi connectivity index (χ1) is 12.3. The maximum Gasteiger partial charge on any atom is 0.237 e. The summed E-state index contributed by atoms with van der Waals surface area (Å²) in [7, 11) is 0. The van der Waals surface area contributed by atoms with E-state index < -0.39 is 0 Å². The quantitative estimate of drug-likeness (QED) is 0.835. The number of nitriles is 1. The molecule has 130 valence electrons. The van der Waals surface area contributed by atoms with Gasteiger partial charge in [-0.1, -0.05) is 13.3 Å². The van der Waals surface area contributed by atoms with E-state index in [1.807, 2.05) is 12.1 Å². The van der Waals surface area contributed by atoms with E-state index >= 15 is 0 Å². The first kappa shape index (κ1) is 17.1. The lowest BCUT2D eigenvalue weighted by molar-refractivity contribution is 0.155. The van der Waals surface area contributed by atoms with E-state index in [0.717, 1.165) is 50.2 Å². The maximum absolute atomic E-state index is 9.54. The van der Waals surface area contributed by atoms with Gasteiger partial charge in [0.25, 0.3) is 0 Å². The van der Waals surface area contributed by atoms with Crippen LogP contribution in [-0.4, -0.2) is 34.1 Å². The first-order valence-corrected chi connectivity index (χ1v) is 8.64. The molecule has 0 aliphatic carbocycles. The Balaban J connectivity index is 1.76. The highest BCUT2D eigenvalue weighted by molar-refractivity contribution is 5.64. The van der Waals surface area contributed by atoms with Crippen LogP contribution < -0.4 is 15.4 Å². The highest BCUT2D eigenvalue weighted by atomic mass is 16.5. The van der Waals surface area contributed by atoms with Crippen LogP contribution >= 0.6 is 0 Å². The van der Waals surface area contributed by atoms with Crippen LogP contribution in [-0.2, 0) is 6.42 Å². The molecule has 0 atom stereocenters. The Kier molecular flexibility index (Phi) is 5.75. The molecule has 25 heavy (non-hydrogen) atoms. The van der Waals surface area contributed by atoms with Gasteiger partial charge < -0.3 is 15.4 Å². The number of hydrogen-bond acceptors (Lipinski definition) is 7. The van der Waals surface area contributed by atoms with Crippen molar-refractivity contribution in [3.63, 3.8) is 0 Å². The van der Waals surface area contributed by atoms with E-state index in [1.54, 1.807) is 6.20 Å². The van der Waals surface area contributed by atoms with Crippen LogP contribution in [0.2, 0.25) is 0 Å². The van der Waals surface area contributed by atoms with E-state index in [9.17, 15) is 5.26 Å². The molecule has 0 saturated carbocycles. The molecule has 1 aliphatic rings. The Morgan fingerprint density at radius 2 is 2.12 bits per heavy atom. The van der Waals surface area contributed by atoms with Gasteiger partial charge in [0.05, 0.1) is 11.9 Å². The highest BCUT2D eigenvalue weighted by Crippen LogP contribution is 2.25. The summed E-state index contributed by atoms with van der Waals surface area (Å²) in [6, 6.07) is 6.07. The second-order valence-electron chi connectivity index (χ2n) is 5.99. The van der Waals surface area contributed by atoms with Gasteiger partial charge in [-0.05, 0) is 44.5 Å². The number of anilines is 2. The summed E-state index contributed by atoms with van der Waals surface area (Å²) in [5, 5.41) is 16.0. The lowest BCUT2D eigenvalue weighted by atomic mass is 10.1. The van der Waals surface area contributed by atoms with Gasteiger partial charge in [-0.25, -0.2) is 9.97 Å². The maximum atomic E-state index is 9.54. The lowest BCUT2D eigenvalue weighted by Crippen LogP contribution is -2.34. The molecule has 0 aromatic carbocycles. The van der Waals surface area contributed by atoms with Crippen LogP contribution in [0.1, 0.15) is 37.4 Å². The van der Waals surface area contributed by atoms with Crippen molar-refractivity contribution < 1.29 is 4.74 Å².